The van der Waals surface area contributed by atoms with E-state index in [0.717, 1.165) is 40.9 Å². The van der Waals surface area contributed by atoms with Crippen molar-refractivity contribution in [1.82, 2.24) is 15.0 Å². The van der Waals surface area contributed by atoms with Crippen molar-refractivity contribution in [3.63, 3.8) is 0 Å². The normalized spacial score (nSPS) is 14.5. The van der Waals surface area contributed by atoms with Crippen molar-refractivity contribution < 1.29 is 9.13 Å². The second-order valence-corrected chi connectivity index (χ2v) is 6.79. The minimum absolute atomic E-state index is 0.294. The molecule has 0 atom stereocenters. The van der Waals surface area contributed by atoms with Gasteiger partial charge >= 0.3 is 0 Å². The number of hydrogen-bond donors (Lipinski definition) is 1. The molecule has 0 amide bonds. The summed E-state index contributed by atoms with van der Waals surface area (Å²) >= 11 is 0. The molecule has 28 heavy (non-hydrogen) atoms. The molecule has 5 rings (SSSR count). The number of halogens is 1. The molecule has 1 saturated heterocycles. The average Bonchev–Trinajstić information content (AvgIpc) is 3.22. The predicted molar refractivity (Wildman–Crippen MR) is 108 cm³/mol. The van der Waals surface area contributed by atoms with E-state index in [1.807, 2.05) is 48.7 Å². The first-order chi connectivity index (χ1) is 13.8. The molecule has 1 N–H and O–H groups in total. The van der Waals surface area contributed by atoms with Gasteiger partial charge in [-0.25, -0.2) is 14.4 Å². The fourth-order valence-electron chi connectivity index (χ4n) is 3.59. The molecule has 3 heterocycles. The first-order valence-corrected chi connectivity index (χ1v) is 9.32. The Morgan fingerprint density at radius 2 is 1.79 bits per heavy atom. The number of aromatic nitrogens is 3. The Hall–Kier alpha value is -3.25. The molecule has 0 bridgehead atoms. The maximum atomic E-state index is 14.2. The molecule has 4 aromatic rings. The fraction of sp³-hybridized carbons (Fsp3) is 0.182. The van der Waals surface area contributed by atoms with Crippen LogP contribution in [-0.2, 0) is 4.74 Å². The maximum Gasteiger partial charge on any atom is 0.162 e. The fourth-order valence-corrected chi connectivity index (χ4v) is 3.59. The smallest absolute Gasteiger partial charge is 0.162 e. The second kappa shape index (κ2) is 7.05. The summed E-state index contributed by atoms with van der Waals surface area (Å²) in [6.07, 6.45) is 1.82. The van der Waals surface area contributed by atoms with Gasteiger partial charge in [-0.3, -0.25) is 0 Å². The summed E-state index contributed by atoms with van der Waals surface area (Å²) in [5.74, 6) is 1.17. The zero-order chi connectivity index (χ0) is 18.9. The molecule has 0 saturated carbocycles. The minimum atomic E-state index is -0.294. The number of ether oxygens (including phenoxy) is 1. The zero-order valence-electron chi connectivity index (χ0n) is 15.2. The van der Waals surface area contributed by atoms with Gasteiger partial charge in [-0.05, 0) is 18.2 Å². The Bertz CT molecular complexity index is 1120. The van der Waals surface area contributed by atoms with E-state index >= 15 is 0 Å². The van der Waals surface area contributed by atoms with Crippen LogP contribution in [0.25, 0.3) is 33.5 Å². The van der Waals surface area contributed by atoms with Crippen LogP contribution in [0.2, 0.25) is 0 Å². The van der Waals surface area contributed by atoms with Crippen LogP contribution in [0.15, 0.2) is 60.8 Å². The van der Waals surface area contributed by atoms with Gasteiger partial charge in [-0.15, -0.1) is 0 Å². The third-order valence-electron chi connectivity index (χ3n) is 4.99. The molecule has 0 spiro atoms. The number of anilines is 1. The van der Waals surface area contributed by atoms with Crippen LogP contribution in [0.5, 0.6) is 0 Å². The molecular formula is C22H19FN4O. The summed E-state index contributed by atoms with van der Waals surface area (Å²) in [6, 6.07) is 16.8. The summed E-state index contributed by atoms with van der Waals surface area (Å²) in [5, 5.41) is 0.937. The quantitative estimate of drug-likeness (QED) is 0.582. The van der Waals surface area contributed by atoms with E-state index in [9.17, 15) is 4.39 Å². The molecule has 140 valence electrons. The summed E-state index contributed by atoms with van der Waals surface area (Å²) in [6.45, 7) is 2.88. The molecule has 2 aromatic carbocycles. The highest BCUT2D eigenvalue weighted by atomic mass is 19.1. The van der Waals surface area contributed by atoms with E-state index in [4.69, 9.17) is 14.7 Å². The molecule has 2 aromatic heterocycles. The second-order valence-electron chi connectivity index (χ2n) is 6.79. The number of H-pyrrole nitrogens is 1. The first-order valence-electron chi connectivity index (χ1n) is 9.32. The SMILES string of the molecule is Fc1cc(-c2cc(N3CCOCC3)nc(-c3ccccc3)n2)c2cc[nH]c2c1. The Balaban J connectivity index is 1.71. The topological polar surface area (TPSA) is 54.0 Å². The molecule has 1 fully saturated rings. The van der Waals surface area contributed by atoms with Crippen molar-refractivity contribution >= 4 is 16.7 Å². The first kappa shape index (κ1) is 16.9. The number of nitrogens with one attached hydrogen (secondary N) is 1. The van der Waals surface area contributed by atoms with Gasteiger partial charge in [0.05, 0.1) is 18.9 Å². The molecule has 1 aliphatic rings. The lowest BCUT2D eigenvalue weighted by Gasteiger charge is -2.28. The van der Waals surface area contributed by atoms with Crippen LogP contribution in [-0.4, -0.2) is 41.3 Å². The standard InChI is InChI=1S/C22H19FN4O/c23-16-12-18(17-6-7-24-19(17)13-16)20-14-21(27-8-10-28-11-9-27)26-22(25-20)15-4-2-1-3-5-15/h1-7,12-14,24H,8-11H2. The van der Waals surface area contributed by atoms with Gasteiger partial charge < -0.3 is 14.6 Å². The molecule has 0 radical (unpaired) electrons. The number of benzene rings is 2. The molecular weight excluding hydrogens is 355 g/mol. The molecule has 5 nitrogen and oxygen atoms in total. The van der Waals surface area contributed by atoms with Crippen LogP contribution in [0, 0.1) is 5.82 Å². The predicted octanol–water partition coefficient (Wildman–Crippen LogP) is 4.27. The number of morpholine rings is 1. The van der Waals surface area contributed by atoms with Crippen LogP contribution in [0.1, 0.15) is 0 Å². The Morgan fingerprint density at radius 1 is 0.964 bits per heavy atom. The van der Waals surface area contributed by atoms with Gasteiger partial charge in [0.1, 0.15) is 11.6 Å². The van der Waals surface area contributed by atoms with Crippen LogP contribution in [0.3, 0.4) is 0 Å². The van der Waals surface area contributed by atoms with E-state index in [1.165, 1.54) is 12.1 Å². The summed E-state index contributed by atoms with van der Waals surface area (Å²) in [5.41, 5.74) is 3.15. The summed E-state index contributed by atoms with van der Waals surface area (Å²) in [7, 11) is 0. The molecule has 0 unspecified atom stereocenters. The highest BCUT2D eigenvalue weighted by Crippen LogP contribution is 2.32. The average molecular weight is 374 g/mol. The van der Waals surface area contributed by atoms with Gasteiger partial charge in [0, 0.05) is 47.4 Å². The van der Waals surface area contributed by atoms with Gasteiger partial charge in [0.2, 0.25) is 0 Å². The van der Waals surface area contributed by atoms with E-state index in [1.54, 1.807) is 0 Å². The van der Waals surface area contributed by atoms with Crippen LogP contribution >= 0.6 is 0 Å². The van der Waals surface area contributed by atoms with Crippen molar-refractivity contribution in [2.24, 2.45) is 0 Å². The van der Waals surface area contributed by atoms with E-state index in [0.29, 0.717) is 24.7 Å². The molecule has 6 heteroatoms. The van der Waals surface area contributed by atoms with Crippen LogP contribution in [0.4, 0.5) is 10.2 Å². The Kier molecular flexibility index (Phi) is 4.25. The monoisotopic (exact) mass is 374 g/mol. The van der Waals surface area contributed by atoms with Crippen molar-refractivity contribution in [1.29, 1.82) is 0 Å². The van der Waals surface area contributed by atoms with Gasteiger partial charge in [0.25, 0.3) is 0 Å². The Labute approximate surface area is 161 Å². The van der Waals surface area contributed by atoms with Crippen molar-refractivity contribution in [3.8, 4) is 22.6 Å². The number of hydrogen-bond acceptors (Lipinski definition) is 4. The largest absolute Gasteiger partial charge is 0.378 e. The van der Waals surface area contributed by atoms with Crippen LogP contribution < -0.4 is 4.90 Å². The Morgan fingerprint density at radius 3 is 2.61 bits per heavy atom. The van der Waals surface area contributed by atoms with Gasteiger partial charge in [-0.2, -0.15) is 0 Å². The van der Waals surface area contributed by atoms with Gasteiger partial charge in [-0.1, -0.05) is 30.3 Å². The minimum Gasteiger partial charge on any atom is -0.378 e. The number of nitrogens with zero attached hydrogens (tertiary/aromatic N) is 3. The molecule has 0 aliphatic carbocycles. The zero-order valence-corrected chi connectivity index (χ0v) is 15.2. The van der Waals surface area contributed by atoms with Gasteiger partial charge in [0.15, 0.2) is 5.82 Å². The summed E-state index contributed by atoms with van der Waals surface area (Å²) in [4.78, 5) is 14.9. The lowest BCUT2D eigenvalue weighted by atomic mass is 10.1. The van der Waals surface area contributed by atoms with E-state index in [-0.39, 0.29) is 5.82 Å². The number of aromatic amines is 1. The number of rotatable bonds is 3. The third kappa shape index (κ3) is 3.12. The highest BCUT2D eigenvalue weighted by molar-refractivity contribution is 5.94. The third-order valence-corrected chi connectivity index (χ3v) is 4.99. The number of fused-ring (bicyclic) bond motifs is 1. The van der Waals surface area contributed by atoms with Crippen molar-refractivity contribution in [2.45, 2.75) is 0 Å². The van der Waals surface area contributed by atoms with Crippen molar-refractivity contribution in [3.05, 3.63) is 66.6 Å². The van der Waals surface area contributed by atoms with E-state index in [2.05, 4.69) is 9.88 Å². The molecule has 1 aliphatic heterocycles. The maximum absolute atomic E-state index is 14.2. The lowest BCUT2D eigenvalue weighted by molar-refractivity contribution is 0.122. The highest BCUT2D eigenvalue weighted by Gasteiger charge is 2.18. The van der Waals surface area contributed by atoms with Crippen molar-refractivity contribution in [2.75, 3.05) is 31.2 Å². The summed E-state index contributed by atoms with van der Waals surface area (Å²) < 4.78 is 19.7. The lowest BCUT2D eigenvalue weighted by Crippen LogP contribution is -2.36. The van der Waals surface area contributed by atoms with E-state index < -0.39 is 0 Å².